The Morgan fingerprint density at radius 3 is 2.03 bits per heavy atom. The molecule has 4 aromatic rings. The highest BCUT2D eigenvalue weighted by Gasteiger charge is 2.57. The van der Waals surface area contributed by atoms with E-state index in [9.17, 15) is 9.90 Å². The number of carbonyl (C=O) groups excluding carboxylic acids is 1. The molecule has 6 rings (SSSR count). The number of hydrogen-bond acceptors (Lipinski definition) is 5. The molecular formula is C33H31NO4. The van der Waals surface area contributed by atoms with E-state index >= 15 is 0 Å². The van der Waals surface area contributed by atoms with Gasteiger partial charge in [0.2, 0.25) is 0 Å². The first-order valence-electron chi connectivity index (χ1n) is 13.0. The molecule has 4 aromatic carbocycles. The van der Waals surface area contributed by atoms with Crippen LogP contribution in [-0.2, 0) is 21.5 Å². The Hall–Kier alpha value is -3.93. The number of aliphatic hydroxyl groups is 1. The number of carbonyl (C=O) groups is 1. The number of ether oxygens (including phenoxy) is 2. The van der Waals surface area contributed by atoms with Crippen LogP contribution in [0.1, 0.15) is 29.2 Å². The molecule has 38 heavy (non-hydrogen) atoms. The smallest absolute Gasteiger partial charge is 0.303 e. The number of hydrogen-bond donors (Lipinski definition) is 1. The number of benzene rings is 4. The van der Waals surface area contributed by atoms with Gasteiger partial charge < -0.3 is 14.6 Å². The Bertz CT molecular complexity index is 1400. The zero-order valence-corrected chi connectivity index (χ0v) is 21.6. The second-order valence-corrected chi connectivity index (χ2v) is 10.1. The molecule has 2 aliphatic rings. The molecule has 1 aliphatic heterocycles. The summed E-state index contributed by atoms with van der Waals surface area (Å²) in [6, 6.07) is 35.2. The van der Waals surface area contributed by atoms with Crippen LogP contribution in [0.5, 0.6) is 5.75 Å². The van der Waals surface area contributed by atoms with E-state index in [4.69, 9.17) is 9.47 Å². The van der Waals surface area contributed by atoms with Crippen LogP contribution in [-0.4, -0.2) is 47.9 Å². The van der Waals surface area contributed by atoms with Crippen molar-refractivity contribution in [1.29, 1.82) is 0 Å². The molecule has 5 heteroatoms. The minimum atomic E-state index is -0.831. The van der Waals surface area contributed by atoms with Crippen LogP contribution in [0.3, 0.4) is 0 Å². The van der Waals surface area contributed by atoms with Gasteiger partial charge in [-0.15, -0.1) is 0 Å². The fourth-order valence-electron chi connectivity index (χ4n) is 6.52. The van der Waals surface area contributed by atoms with Crippen molar-refractivity contribution >= 4 is 5.97 Å². The standard InChI is InChI=1S/C33H31NO4/c1-22(35)38-32-30(20-23-16-18-25(37-2)19-17-23)34(21-31(32)36)33(24-10-4-3-5-11-24)28-14-8-6-12-26(28)27-13-7-9-15-29(27)33/h3-19,30-32,36H,20-21H2,1-2H3/t30-,31-,32-/m1/s1. The molecule has 0 aromatic heterocycles. The first-order valence-corrected chi connectivity index (χ1v) is 13.0. The van der Waals surface area contributed by atoms with Gasteiger partial charge in [-0.05, 0) is 51.9 Å². The summed E-state index contributed by atoms with van der Waals surface area (Å²) in [6.07, 6.45) is -0.907. The molecule has 0 radical (unpaired) electrons. The molecule has 0 saturated carbocycles. The summed E-state index contributed by atoms with van der Waals surface area (Å²) >= 11 is 0. The van der Waals surface area contributed by atoms with Gasteiger partial charge in [-0.25, -0.2) is 0 Å². The van der Waals surface area contributed by atoms with Crippen LogP contribution in [0.15, 0.2) is 103 Å². The number of β-amino-alcohol motifs (C(OH)–C–C–N with tert-alkyl or cyclic N) is 1. The summed E-state index contributed by atoms with van der Waals surface area (Å²) in [7, 11) is 1.65. The third-order valence-electron chi connectivity index (χ3n) is 7.99. The van der Waals surface area contributed by atoms with Crippen molar-refractivity contribution in [2.45, 2.75) is 37.1 Å². The summed E-state index contributed by atoms with van der Waals surface area (Å²) in [5.41, 5.74) is 6.23. The van der Waals surface area contributed by atoms with Crippen LogP contribution in [0.2, 0.25) is 0 Å². The van der Waals surface area contributed by atoms with Crippen molar-refractivity contribution in [2.75, 3.05) is 13.7 Å². The van der Waals surface area contributed by atoms with Gasteiger partial charge in [0.1, 0.15) is 18.0 Å². The van der Waals surface area contributed by atoms with Crippen molar-refractivity contribution in [1.82, 2.24) is 4.90 Å². The molecule has 1 aliphatic carbocycles. The molecule has 0 unspecified atom stereocenters. The normalized spacial score (nSPS) is 21.5. The van der Waals surface area contributed by atoms with Gasteiger partial charge in [0.15, 0.2) is 0 Å². The molecule has 192 valence electrons. The molecule has 0 amide bonds. The van der Waals surface area contributed by atoms with E-state index in [-0.39, 0.29) is 6.04 Å². The summed E-state index contributed by atoms with van der Waals surface area (Å²) in [5.74, 6) is 0.393. The highest BCUT2D eigenvalue weighted by atomic mass is 16.6. The highest BCUT2D eigenvalue weighted by Crippen LogP contribution is 2.56. The third-order valence-corrected chi connectivity index (χ3v) is 7.99. The summed E-state index contributed by atoms with van der Waals surface area (Å²) < 4.78 is 11.2. The molecule has 1 saturated heterocycles. The van der Waals surface area contributed by atoms with E-state index in [1.807, 2.05) is 30.3 Å². The molecular weight excluding hydrogens is 474 g/mol. The van der Waals surface area contributed by atoms with E-state index in [2.05, 4.69) is 77.7 Å². The maximum absolute atomic E-state index is 12.2. The zero-order valence-electron chi connectivity index (χ0n) is 21.6. The first-order chi connectivity index (χ1) is 18.5. The first kappa shape index (κ1) is 24.4. The van der Waals surface area contributed by atoms with Gasteiger partial charge in [-0.3, -0.25) is 9.69 Å². The molecule has 3 atom stereocenters. The van der Waals surface area contributed by atoms with Crippen LogP contribution in [0.4, 0.5) is 0 Å². The van der Waals surface area contributed by atoms with Crippen LogP contribution >= 0.6 is 0 Å². The van der Waals surface area contributed by atoms with Crippen molar-refractivity contribution in [3.05, 3.63) is 125 Å². The number of aliphatic hydroxyl groups excluding tert-OH is 1. The predicted molar refractivity (Wildman–Crippen MR) is 147 cm³/mol. The minimum Gasteiger partial charge on any atom is -0.497 e. The molecule has 0 bridgehead atoms. The van der Waals surface area contributed by atoms with Crippen molar-refractivity contribution in [3.8, 4) is 16.9 Å². The monoisotopic (exact) mass is 505 g/mol. The topological polar surface area (TPSA) is 59.0 Å². The average Bonchev–Trinajstić information content (AvgIpc) is 3.41. The summed E-state index contributed by atoms with van der Waals surface area (Å²) in [4.78, 5) is 14.6. The van der Waals surface area contributed by atoms with E-state index < -0.39 is 23.7 Å². The lowest BCUT2D eigenvalue weighted by Gasteiger charge is -2.45. The van der Waals surface area contributed by atoms with Gasteiger partial charge in [0.05, 0.1) is 18.7 Å². The fourth-order valence-corrected chi connectivity index (χ4v) is 6.52. The minimum absolute atomic E-state index is 0.276. The number of nitrogens with zero attached hydrogens (tertiary/aromatic N) is 1. The fraction of sp³-hybridized carbons (Fsp3) is 0.242. The zero-order chi connectivity index (χ0) is 26.3. The quantitative estimate of drug-likeness (QED) is 0.366. The third kappa shape index (κ3) is 3.82. The molecule has 0 spiro atoms. The SMILES string of the molecule is COc1ccc(C[C@@H]2[C@@H](OC(C)=O)[C@H](O)CN2C2(c3ccccc3)c3ccccc3-c3ccccc32)cc1. The summed E-state index contributed by atoms with van der Waals surface area (Å²) in [6.45, 7) is 1.77. The van der Waals surface area contributed by atoms with E-state index in [1.54, 1.807) is 7.11 Å². The lowest BCUT2D eigenvalue weighted by atomic mass is 9.78. The maximum atomic E-state index is 12.2. The Labute approximate surface area is 223 Å². The van der Waals surface area contributed by atoms with Gasteiger partial charge in [0, 0.05) is 13.5 Å². The van der Waals surface area contributed by atoms with Crippen molar-refractivity contribution in [3.63, 3.8) is 0 Å². The lowest BCUT2D eigenvalue weighted by Crippen LogP contribution is -2.52. The van der Waals surface area contributed by atoms with Gasteiger partial charge in [-0.1, -0.05) is 91.0 Å². The number of fused-ring (bicyclic) bond motifs is 3. The maximum Gasteiger partial charge on any atom is 0.303 e. The van der Waals surface area contributed by atoms with Crippen LogP contribution in [0.25, 0.3) is 11.1 Å². The average molecular weight is 506 g/mol. The summed E-state index contributed by atoms with van der Waals surface area (Å²) in [5, 5.41) is 11.4. The molecule has 1 fully saturated rings. The Morgan fingerprint density at radius 2 is 1.45 bits per heavy atom. The molecule has 5 nitrogen and oxygen atoms in total. The lowest BCUT2D eigenvalue weighted by molar-refractivity contribution is -0.152. The van der Waals surface area contributed by atoms with Gasteiger partial charge in [-0.2, -0.15) is 0 Å². The van der Waals surface area contributed by atoms with Crippen molar-refractivity contribution < 1.29 is 19.4 Å². The predicted octanol–water partition coefficient (Wildman–Crippen LogP) is 5.19. The Morgan fingerprint density at radius 1 is 0.868 bits per heavy atom. The van der Waals surface area contributed by atoms with E-state index in [1.165, 1.54) is 29.2 Å². The van der Waals surface area contributed by atoms with E-state index in [0.717, 1.165) is 16.9 Å². The molecule has 1 N–H and O–H groups in total. The number of likely N-dealkylation sites (tertiary alicyclic amines) is 1. The van der Waals surface area contributed by atoms with Crippen LogP contribution < -0.4 is 4.74 Å². The van der Waals surface area contributed by atoms with Gasteiger partial charge in [0.25, 0.3) is 0 Å². The Balaban J connectivity index is 1.58. The number of rotatable bonds is 6. The van der Waals surface area contributed by atoms with Crippen molar-refractivity contribution in [2.24, 2.45) is 0 Å². The van der Waals surface area contributed by atoms with E-state index in [0.29, 0.717) is 13.0 Å². The molecule has 1 heterocycles. The largest absolute Gasteiger partial charge is 0.497 e. The number of esters is 1. The van der Waals surface area contributed by atoms with Crippen LogP contribution in [0, 0.1) is 0 Å². The second kappa shape index (κ2) is 9.75. The highest BCUT2D eigenvalue weighted by molar-refractivity contribution is 5.83. The second-order valence-electron chi connectivity index (χ2n) is 10.1. The Kier molecular flexibility index (Phi) is 6.26. The van der Waals surface area contributed by atoms with Gasteiger partial charge >= 0.3 is 5.97 Å². The number of methoxy groups -OCH3 is 1.